The molecule has 7 heteroatoms. The fourth-order valence-electron chi connectivity index (χ4n) is 3.11. The second-order valence-corrected chi connectivity index (χ2v) is 6.79. The summed E-state index contributed by atoms with van der Waals surface area (Å²) in [4.78, 5) is 12.4. The number of fused-ring (bicyclic) bond motifs is 1. The van der Waals surface area contributed by atoms with Crippen LogP contribution in [-0.2, 0) is 19.6 Å². The summed E-state index contributed by atoms with van der Waals surface area (Å²) in [6.07, 6.45) is 4.96. The molecule has 0 unspecified atom stereocenters. The Bertz CT molecular complexity index is 1000. The molecule has 27 heavy (non-hydrogen) atoms. The van der Waals surface area contributed by atoms with Crippen molar-refractivity contribution in [3.05, 3.63) is 76.3 Å². The lowest BCUT2D eigenvalue weighted by Crippen LogP contribution is -2.14. The molecular formula is C20H17ClFN3O2. The number of nitrogens with zero attached hydrogens (tertiary/aromatic N) is 2. The van der Waals surface area contributed by atoms with Crippen LogP contribution in [0.1, 0.15) is 28.0 Å². The molecule has 4 rings (SSSR count). The van der Waals surface area contributed by atoms with Gasteiger partial charge >= 0.3 is 0 Å². The third-order valence-corrected chi connectivity index (χ3v) is 4.77. The van der Waals surface area contributed by atoms with Crippen molar-refractivity contribution in [3.63, 3.8) is 0 Å². The van der Waals surface area contributed by atoms with Crippen LogP contribution >= 0.6 is 11.6 Å². The molecule has 1 heterocycles. The molecule has 138 valence electrons. The Morgan fingerprint density at radius 1 is 1.19 bits per heavy atom. The Hall–Kier alpha value is -2.86. The molecule has 0 bridgehead atoms. The number of amides is 1. The van der Waals surface area contributed by atoms with Crippen molar-refractivity contribution in [2.75, 3.05) is 5.32 Å². The first-order valence-electron chi connectivity index (χ1n) is 8.63. The Labute approximate surface area is 160 Å². The van der Waals surface area contributed by atoms with Crippen LogP contribution in [0, 0.1) is 5.82 Å². The highest BCUT2D eigenvalue weighted by atomic mass is 35.5. The molecule has 0 spiro atoms. The van der Waals surface area contributed by atoms with Crippen molar-refractivity contribution >= 4 is 23.2 Å². The van der Waals surface area contributed by atoms with Gasteiger partial charge in [0, 0.05) is 18.0 Å². The molecule has 1 amide bonds. The number of aryl methyl sites for hydroxylation is 2. The summed E-state index contributed by atoms with van der Waals surface area (Å²) < 4.78 is 20.1. The van der Waals surface area contributed by atoms with Gasteiger partial charge in [0.15, 0.2) is 12.4 Å². The number of hydrogen-bond acceptors (Lipinski definition) is 3. The van der Waals surface area contributed by atoms with E-state index in [9.17, 15) is 9.18 Å². The number of hydrogen-bond donors (Lipinski definition) is 1. The molecule has 1 aromatic heterocycles. The van der Waals surface area contributed by atoms with Gasteiger partial charge in [-0.05, 0) is 60.7 Å². The van der Waals surface area contributed by atoms with Crippen LogP contribution < -0.4 is 10.1 Å². The van der Waals surface area contributed by atoms with E-state index >= 15 is 0 Å². The van der Waals surface area contributed by atoms with E-state index in [4.69, 9.17) is 16.3 Å². The minimum atomic E-state index is -0.506. The van der Waals surface area contributed by atoms with Gasteiger partial charge in [0.25, 0.3) is 5.91 Å². The molecule has 5 nitrogen and oxygen atoms in total. The summed E-state index contributed by atoms with van der Waals surface area (Å²) in [6.45, 7) is 0.0775. The molecule has 2 aromatic carbocycles. The monoisotopic (exact) mass is 385 g/mol. The normalized spacial score (nSPS) is 12.7. The number of nitrogens with one attached hydrogen (secondary N) is 1. The first-order chi connectivity index (χ1) is 13.1. The van der Waals surface area contributed by atoms with Gasteiger partial charge in [0.2, 0.25) is 0 Å². The molecule has 1 aliphatic carbocycles. The smallest absolute Gasteiger partial charge is 0.276 e. The summed E-state index contributed by atoms with van der Waals surface area (Å²) in [6, 6.07) is 11.7. The lowest BCUT2D eigenvalue weighted by Gasteiger charge is -2.07. The first-order valence-corrected chi connectivity index (χ1v) is 9.01. The SMILES string of the molecule is O=C(Nc1ccc2c(c1)CCC2)c1ccn(COc2ccc(F)c(Cl)c2)n1. The number of aromatic nitrogens is 2. The number of benzene rings is 2. The van der Waals surface area contributed by atoms with Crippen molar-refractivity contribution in [2.24, 2.45) is 0 Å². The predicted octanol–water partition coefficient (Wildman–Crippen LogP) is 4.45. The van der Waals surface area contributed by atoms with Crippen LogP contribution in [0.3, 0.4) is 0 Å². The molecule has 1 aliphatic rings. The fourth-order valence-corrected chi connectivity index (χ4v) is 3.28. The molecule has 0 atom stereocenters. The van der Waals surface area contributed by atoms with Gasteiger partial charge in [-0.2, -0.15) is 5.10 Å². The van der Waals surface area contributed by atoms with Gasteiger partial charge in [0.05, 0.1) is 5.02 Å². The van der Waals surface area contributed by atoms with E-state index in [1.165, 1.54) is 34.0 Å². The second kappa shape index (κ2) is 7.40. The quantitative estimate of drug-likeness (QED) is 0.705. The van der Waals surface area contributed by atoms with E-state index in [-0.39, 0.29) is 23.4 Å². The topological polar surface area (TPSA) is 56.2 Å². The number of anilines is 1. The molecule has 0 aliphatic heterocycles. The van der Waals surface area contributed by atoms with Crippen LogP contribution in [0.5, 0.6) is 5.75 Å². The van der Waals surface area contributed by atoms with Crippen LogP contribution in [-0.4, -0.2) is 15.7 Å². The van der Waals surface area contributed by atoms with Crippen molar-refractivity contribution in [1.29, 1.82) is 0 Å². The molecular weight excluding hydrogens is 369 g/mol. The molecule has 0 radical (unpaired) electrons. The summed E-state index contributed by atoms with van der Waals surface area (Å²) >= 11 is 5.72. The molecule has 3 aromatic rings. The van der Waals surface area contributed by atoms with Crippen molar-refractivity contribution in [2.45, 2.75) is 26.0 Å². The van der Waals surface area contributed by atoms with Crippen LogP contribution in [0.15, 0.2) is 48.7 Å². The third kappa shape index (κ3) is 3.95. The number of ether oxygens (including phenoxy) is 1. The largest absolute Gasteiger partial charge is 0.471 e. The lowest BCUT2D eigenvalue weighted by molar-refractivity contribution is 0.102. The highest BCUT2D eigenvalue weighted by molar-refractivity contribution is 6.30. The number of halogens is 2. The summed E-state index contributed by atoms with van der Waals surface area (Å²) in [5, 5.41) is 7.07. The average molecular weight is 386 g/mol. The van der Waals surface area contributed by atoms with Crippen LogP contribution in [0.2, 0.25) is 5.02 Å². The standard InChI is InChI=1S/C20H17ClFN3O2/c21-17-11-16(6-7-18(17)22)27-12-25-9-8-19(24-25)20(26)23-15-5-4-13-2-1-3-14(13)10-15/h4-11H,1-3,12H2,(H,23,26). The maximum absolute atomic E-state index is 13.2. The summed E-state index contributed by atoms with van der Waals surface area (Å²) in [5.74, 6) is -0.369. The Morgan fingerprint density at radius 2 is 2.04 bits per heavy atom. The first kappa shape index (κ1) is 17.5. The predicted molar refractivity (Wildman–Crippen MR) is 101 cm³/mol. The van der Waals surface area contributed by atoms with Crippen molar-refractivity contribution < 1.29 is 13.9 Å². The van der Waals surface area contributed by atoms with Gasteiger partial charge in [-0.15, -0.1) is 0 Å². The van der Waals surface area contributed by atoms with Crippen molar-refractivity contribution in [1.82, 2.24) is 9.78 Å². The zero-order valence-corrected chi connectivity index (χ0v) is 15.2. The number of carbonyl (C=O) groups excluding carboxylic acids is 1. The van der Waals surface area contributed by atoms with Gasteiger partial charge in [-0.3, -0.25) is 4.79 Å². The zero-order valence-electron chi connectivity index (χ0n) is 14.4. The second-order valence-electron chi connectivity index (χ2n) is 6.38. The van der Waals surface area contributed by atoms with E-state index in [0.29, 0.717) is 5.75 Å². The van der Waals surface area contributed by atoms with Gasteiger partial charge in [-0.25, -0.2) is 9.07 Å². The fraction of sp³-hybridized carbons (Fsp3) is 0.200. The van der Waals surface area contributed by atoms with E-state index < -0.39 is 5.82 Å². The summed E-state index contributed by atoms with van der Waals surface area (Å²) in [5.41, 5.74) is 3.71. The lowest BCUT2D eigenvalue weighted by atomic mass is 10.1. The summed E-state index contributed by atoms with van der Waals surface area (Å²) in [7, 11) is 0. The van der Waals surface area contributed by atoms with Crippen molar-refractivity contribution in [3.8, 4) is 5.75 Å². The Morgan fingerprint density at radius 3 is 2.89 bits per heavy atom. The van der Waals surface area contributed by atoms with Gasteiger partial charge in [-0.1, -0.05) is 17.7 Å². The maximum Gasteiger partial charge on any atom is 0.276 e. The van der Waals surface area contributed by atoms with Gasteiger partial charge < -0.3 is 10.1 Å². The third-order valence-electron chi connectivity index (χ3n) is 4.48. The minimum Gasteiger partial charge on any atom is -0.471 e. The Kier molecular flexibility index (Phi) is 4.81. The average Bonchev–Trinajstić information content (AvgIpc) is 3.31. The highest BCUT2D eigenvalue weighted by Gasteiger charge is 2.14. The Balaban J connectivity index is 1.38. The highest BCUT2D eigenvalue weighted by Crippen LogP contribution is 2.25. The number of carbonyl (C=O) groups is 1. The van der Waals surface area contributed by atoms with Crippen LogP contribution in [0.4, 0.5) is 10.1 Å². The van der Waals surface area contributed by atoms with E-state index in [2.05, 4.69) is 16.5 Å². The van der Waals surface area contributed by atoms with Crippen LogP contribution in [0.25, 0.3) is 0 Å². The van der Waals surface area contributed by atoms with Gasteiger partial charge in [0.1, 0.15) is 11.6 Å². The number of rotatable bonds is 5. The minimum absolute atomic E-state index is 0.0117. The molecule has 0 saturated carbocycles. The van der Waals surface area contributed by atoms with E-state index in [1.807, 2.05) is 12.1 Å². The zero-order chi connectivity index (χ0) is 18.8. The molecule has 0 fully saturated rings. The molecule has 0 saturated heterocycles. The molecule has 1 N–H and O–H groups in total. The van der Waals surface area contributed by atoms with E-state index in [0.717, 1.165) is 24.9 Å². The van der Waals surface area contributed by atoms with E-state index in [1.54, 1.807) is 12.3 Å². The maximum atomic E-state index is 13.2.